The predicted octanol–water partition coefficient (Wildman–Crippen LogP) is 2.03. The quantitative estimate of drug-likeness (QED) is 0.747. The predicted molar refractivity (Wildman–Crippen MR) is 110 cm³/mol. The van der Waals surface area contributed by atoms with Gasteiger partial charge in [0.1, 0.15) is 11.6 Å². The minimum atomic E-state index is -3.74. The number of imidazole rings is 1. The van der Waals surface area contributed by atoms with Crippen LogP contribution in [-0.2, 0) is 21.9 Å². The maximum atomic E-state index is 13.1. The summed E-state index contributed by atoms with van der Waals surface area (Å²) >= 11 is 0. The second-order valence-electron chi connectivity index (χ2n) is 8.34. The zero-order valence-electron chi connectivity index (χ0n) is 17.4. The lowest BCUT2D eigenvalue weighted by molar-refractivity contribution is -0.125. The van der Waals surface area contributed by atoms with Crippen molar-refractivity contribution in [2.45, 2.75) is 50.3 Å². The molecule has 2 aliphatic heterocycles. The van der Waals surface area contributed by atoms with Crippen molar-refractivity contribution in [2.75, 3.05) is 11.9 Å². The van der Waals surface area contributed by atoms with Crippen LogP contribution in [0.2, 0.25) is 0 Å². The van der Waals surface area contributed by atoms with E-state index in [4.69, 9.17) is 4.74 Å². The number of sulfonamides is 1. The molecular weight excluding hydrogens is 406 g/mol. The van der Waals surface area contributed by atoms with Gasteiger partial charge in [0, 0.05) is 25.8 Å². The standard InChI is InChI=1S/C20H27N5O4S/c1-13(2)29-15-5-7-18(21-9-15)23-20(26)16-8-14-4-6-17(16)25(10-14)30(27,28)19-11-24(3)12-22-19/h5,7,9,11-14,16-17H,4,6,8,10H2,1-3H3,(H,21,23,26). The molecule has 2 aromatic rings. The van der Waals surface area contributed by atoms with Gasteiger partial charge in [-0.1, -0.05) is 0 Å². The Hall–Kier alpha value is -2.46. The van der Waals surface area contributed by atoms with Gasteiger partial charge < -0.3 is 14.6 Å². The Morgan fingerprint density at radius 3 is 2.67 bits per heavy atom. The Bertz CT molecular complexity index is 1020. The van der Waals surface area contributed by atoms with E-state index in [2.05, 4.69) is 15.3 Å². The number of carbonyl (C=O) groups excluding carboxylic acids is 1. The van der Waals surface area contributed by atoms with E-state index in [1.807, 2.05) is 13.8 Å². The molecule has 2 aromatic heterocycles. The molecule has 2 bridgehead atoms. The first-order chi connectivity index (χ1) is 14.2. The lowest BCUT2D eigenvalue weighted by Gasteiger charge is -2.47. The summed E-state index contributed by atoms with van der Waals surface area (Å²) in [6.07, 6.45) is 6.86. The lowest BCUT2D eigenvalue weighted by Crippen LogP contribution is -2.57. The number of rotatable bonds is 6. The molecule has 2 saturated heterocycles. The van der Waals surface area contributed by atoms with Crippen LogP contribution in [0.3, 0.4) is 0 Å². The molecule has 1 aliphatic carbocycles. The van der Waals surface area contributed by atoms with Crippen LogP contribution in [0, 0.1) is 11.8 Å². The normalized spacial score (nSPS) is 24.2. The molecule has 0 spiro atoms. The molecule has 30 heavy (non-hydrogen) atoms. The molecule has 3 fully saturated rings. The van der Waals surface area contributed by atoms with Gasteiger partial charge in [0.2, 0.25) is 5.91 Å². The van der Waals surface area contributed by atoms with Crippen molar-refractivity contribution >= 4 is 21.7 Å². The summed E-state index contributed by atoms with van der Waals surface area (Å²) in [4.78, 5) is 21.3. The first kappa shape index (κ1) is 20.8. The number of anilines is 1. The number of ether oxygens (including phenoxy) is 1. The van der Waals surface area contributed by atoms with Gasteiger partial charge in [0.15, 0.2) is 5.03 Å². The maximum absolute atomic E-state index is 13.1. The lowest BCUT2D eigenvalue weighted by atomic mass is 9.73. The van der Waals surface area contributed by atoms with Gasteiger partial charge >= 0.3 is 0 Å². The molecule has 0 radical (unpaired) electrons. The second kappa shape index (κ2) is 7.99. The molecule has 3 atom stereocenters. The number of piperidine rings is 2. The fourth-order valence-corrected chi connectivity index (χ4v) is 6.09. The Balaban J connectivity index is 1.50. The largest absolute Gasteiger partial charge is 0.489 e. The average Bonchev–Trinajstić information content (AvgIpc) is 3.16. The molecule has 3 unspecified atom stereocenters. The minimum Gasteiger partial charge on any atom is -0.489 e. The third kappa shape index (κ3) is 4.06. The Morgan fingerprint density at radius 2 is 2.07 bits per heavy atom. The maximum Gasteiger partial charge on any atom is 0.262 e. The zero-order valence-corrected chi connectivity index (χ0v) is 18.2. The second-order valence-corrected chi connectivity index (χ2v) is 10.2. The number of aryl methyl sites for hydroxylation is 1. The van der Waals surface area contributed by atoms with E-state index in [0.29, 0.717) is 31.0 Å². The van der Waals surface area contributed by atoms with Gasteiger partial charge in [-0.3, -0.25) is 4.79 Å². The molecule has 1 amide bonds. The summed E-state index contributed by atoms with van der Waals surface area (Å²) in [6.45, 7) is 4.30. The highest BCUT2D eigenvalue weighted by Gasteiger charge is 2.49. The third-order valence-corrected chi connectivity index (χ3v) is 7.46. The number of carbonyl (C=O) groups is 1. The highest BCUT2D eigenvalue weighted by atomic mass is 32.2. The molecule has 4 heterocycles. The van der Waals surface area contributed by atoms with Gasteiger partial charge in [0.05, 0.1) is 24.5 Å². The van der Waals surface area contributed by atoms with Crippen LogP contribution in [0.25, 0.3) is 0 Å². The van der Waals surface area contributed by atoms with Crippen molar-refractivity contribution in [3.05, 3.63) is 30.9 Å². The molecular formula is C20H27N5O4S. The van der Waals surface area contributed by atoms with Gasteiger partial charge in [-0.2, -0.15) is 4.31 Å². The molecule has 9 nitrogen and oxygen atoms in total. The molecule has 162 valence electrons. The molecule has 3 aliphatic rings. The topological polar surface area (TPSA) is 106 Å². The summed E-state index contributed by atoms with van der Waals surface area (Å²) in [7, 11) is -2.01. The first-order valence-electron chi connectivity index (χ1n) is 10.2. The van der Waals surface area contributed by atoms with Crippen molar-refractivity contribution in [3.63, 3.8) is 0 Å². The van der Waals surface area contributed by atoms with Crippen LogP contribution in [-0.4, -0.2) is 51.9 Å². The van der Waals surface area contributed by atoms with E-state index >= 15 is 0 Å². The summed E-state index contributed by atoms with van der Waals surface area (Å²) in [5, 5.41) is 2.87. The van der Waals surface area contributed by atoms with Crippen LogP contribution in [0.4, 0.5) is 5.82 Å². The first-order valence-corrected chi connectivity index (χ1v) is 11.6. The molecule has 1 saturated carbocycles. The number of aromatic nitrogens is 3. The number of amides is 1. The zero-order chi connectivity index (χ0) is 21.5. The summed E-state index contributed by atoms with van der Waals surface area (Å²) in [5.41, 5.74) is 0. The molecule has 10 heteroatoms. The van der Waals surface area contributed by atoms with Crippen molar-refractivity contribution in [1.29, 1.82) is 0 Å². The number of nitrogens with zero attached hydrogens (tertiary/aromatic N) is 4. The van der Waals surface area contributed by atoms with Crippen LogP contribution in [0.15, 0.2) is 35.9 Å². The van der Waals surface area contributed by atoms with Crippen LogP contribution in [0.5, 0.6) is 5.75 Å². The van der Waals surface area contributed by atoms with Gasteiger partial charge in [-0.25, -0.2) is 18.4 Å². The van der Waals surface area contributed by atoms with Crippen molar-refractivity contribution < 1.29 is 17.9 Å². The van der Waals surface area contributed by atoms with Crippen LogP contribution < -0.4 is 10.1 Å². The number of nitrogens with one attached hydrogen (secondary N) is 1. The van der Waals surface area contributed by atoms with E-state index in [0.717, 1.165) is 6.42 Å². The SMILES string of the molecule is CC(C)Oc1ccc(NC(=O)C2CC3CCC2N(S(=O)(=O)c2cn(C)cn2)C3)nc1. The average molecular weight is 434 g/mol. The van der Waals surface area contributed by atoms with E-state index in [1.165, 1.54) is 16.8 Å². The van der Waals surface area contributed by atoms with Crippen molar-refractivity contribution in [3.8, 4) is 5.75 Å². The van der Waals surface area contributed by atoms with Gasteiger partial charge in [0.25, 0.3) is 10.0 Å². The summed E-state index contributed by atoms with van der Waals surface area (Å²) in [5.74, 6) is 0.614. The fourth-order valence-electron chi connectivity index (χ4n) is 4.36. The molecule has 1 N–H and O–H groups in total. The Labute approximate surface area is 176 Å². The van der Waals surface area contributed by atoms with E-state index in [1.54, 1.807) is 29.9 Å². The van der Waals surface area contributed by atoms with E-state index in [9.17, 15) is 13.2 Å². The highest BCUT2D eigenvalue weighted by Crippen LogP contribution is 2.42. The van der Waals surface area contributed by atoms with Crippen LogP contribution in [0.1, 0.15) is 33.1 Å². The fraction of sp³-hybridized carbons (Fsp3) is 0.550. The number of hydrogen-bond donors (Lipinski definition) is 1. The van der Waals surface area contributed by atoms with Crippen molar-refractivity contribution in [2.24, 2.45) is 18.9 Å². The van der Waals surface area contributed by atoms with Crippen molar-refractivity contribution in [1.82, 2.24) is 18.8 Å². The summed E-state index contributed by atoms with van der Waals surface area (Å²) in [6, 6.07) is 3.08. The van der Waals surface area contributed by atoms with Gasteiger partial charge in [-0.15, -0.1) is 0 Å². The number of hydrogen-bond acceptors (Lipinski definition) is 6. The minimum absolute atomic E-state index is 0.0270. The number of fused-ring (bicyclic) bond motifs is 3. The van der Waals surface area contributed by atoms with E-state index in [-0.39, 0.29) is 29.0 Å². The van der Waals surface area contributed by atoms with Gasteiger partial charge in [-0.05, 0) is 51.2 Å². The molecule has 5 rings (SSSR count). The Morgan fingerprint density at radius 1 is 1.27 bits per heavy atom. The monoisotopic (exact) mass is 433 g/mol. The number of pyridine rings is 1. The highest BCUT2D eigenvalue weighted by molar-refractivity contribution is 7.89. The smallest absolute Gasteiger partial charge is 0.262 e. The molecule has 0 aromatic carbocycles. The Kier molecular flexibility index (Phi) is 5.54. The van der Waals surface area contributed by atoms with Crippen LogP contribution >= 0.6 is 0 Å². The van der Waals surface area contributed by atoms with E-state index < -0.39 is 15.9 Å². The third-order valence-electron chi connectivity index (χ3n) is 5.68. The summed E-state index contributed by atoms with van der Waals surface area (Å²) < 4.78 is 34.9.